The Morgan fingerprint density at radius 2 is 2.14 bits per heavy atom. The Kier molecular flexibility index (Phi) is 4.01. The maximum absolute atomic E-state index is 12.3. The van der Waals surface area contributed by atoms with E-state index in [2.05, 4.69) is 5.32 Å². The maximum Gasteiger partial charge on any atom is 0.416 e. The van der Waals surface area contributed by atoms with E-state index in [-0.39, 0.29) is 12.0 Å². The van der Waals surface area contributed by atoms with Crippen molar-refractivity contribution in [3.63, 3.8) is 0 Å². The van der Waals surface area contributed by atoms with Gasteiger partial charge in [-0.05, 0) is 12.8 Å². The lowest BCUT2D eigenvalue weighted by atomic mass is 9.46. The van der Waals surface area contributed by atoms with E-state index in [0.29, 0.717) is 13.0 Å². The monoisotopic (exact) mass is 310 g/mol. The summed E-state index contributed by atoms with van der Waals surface area (Å²) in [6, 6.07) is 0. The largest absolute Gasteiger partial charge is 0.416 e. The molecule has 2 fully saturated rings. The van der Waals surface area contributed by atoms with Crippen molar-refractivity contribution in [1.29, 1.82) is 0 Å². The fraction of sp³-hybridized carbons (Fsp3) is 0.923. The molecule has 122 valence electrons. The van der Waals surface area contributed by atoms with Gasteiger partial charge in [-0.2, -0.15) is 13.2 Å². The fourth-order valence-electron chi connectivity index (χ4n) is 3.49. The van der Waals surface area contributed by atoms with Crippen LogP contribution in [0.15, 0.2) is 0 Å². The second kappa shape index (κ2) is 5.10. The van der Waals surface area contributed by atoms with Crippen molar-refractivity contribution >= 4 is 5.91 Å². The van der Waals surface area contributed by atoms with Crippen LogP contribution < -0.4 is 11.1 Å². The quantitative estimate of drug-likeness (QED) is 0.711. The number of alkyl halides is 3. The lowest BCUT2D eigenvalue weighted by molar-refractivity contribution is -0.226. The van der Waals surface area contributed by atoms with Crippen molar-refractivity contribution in [1.82, 2.24) is 5.32 Å². The van der Waals surface area contributed by atoms with Gasteiger partial charge in [0.15, 0.2) is 6.10 Å². The molecule has 0 aromatic carbocycles. The molecule has 5 nitrogen and oxygen atoms in total. The third-order valence-electron chi connectivity index (χ3n) is 4.89. The number of carbonyl (C=O) groups excluding carboxylic acids is 1. The number of rotatable bonds is 3. The van der Waals surface area contributed by atoms with Gasteiger partial charge in [0.1, 0.15) is 5.54 Å². The predicted octanol–water partition coefficient (Wildman–Crippen LogP) is 0.558. The molecule has 1 aliphatic carbocycles. The molecule has 8 heteroatoms. The van der Waals surface area contributed by atoms with E-state index in [0.717, 1.165) is 6.42 Å². The van der Waals surface area contributed by atoms with Crippen molar-refractivity contribution in [2.75, 3.05) is 13.2 Å². The molecule has 2 rings (SSSR count). The number of hydrogen-bond donors (Lipinski definition) is 3. The Bertz CT molecular complexity index is 427. The van der Waals surface area contributed by atoms with Crippen LogP contribution in [0, 0.1) is 11.3 Å². The predicted molar refractivity (Wildman–Crippen MR) is 68.2 cm³/mol. The third kappa shape index (κ3) is 2.43. The summed E-state index contributed by atoms with van der Waals surface area (Å²) < 4.78 is 42.4. The molecule has 4 atom stereocenters. The smallest absolute Gasteiger partial charge is 0.382 e. The van der Waals surface area contributed by atoms with Crippen LogP contribution in [0.3, 0.4) is 0 Å². The number of nitrogens with two attached hydrogens (primary N) is 1. The van der Waals surface area contributed by atoms with E-state index < -0.39 is 35.7 Å². The van der Waals surface area contributed by atoms with E-state index in [1.807, 2.05) is 0 Å². The summed E-state index contributed by atoms with van der Waals surface area (Å²) in [5.74, 6) is -0.869. The summed E-state index contributed by atoms with van der Waals surface area (Å²) in [5.41, 5.74) is 4.28. The minimum absolute atomic E-state index is 0.158. The van der Waals surface area contributed by atoms with Crippen LogP contribution in [0.25, 0.3) is 0 Å². The molecule has 2 aliphatic rings. The molecule has 1 saturated heterocycles. The first kappa shape index (κ1) is 16.5. The molecule has 1 amide bonds. The van der Waals surface area contributed by atoms with Gasteiger partial charge in [0, 0.05) is 17.9 Å². The number of amides is 1. The first-order chi connectivity index (χ1) is 9.53. The molecule has 0 spiro atoms. The highest BCUT2D eigenvalue weighted by Gasteiger charge is 2.70. The van der Waals surface area contributed by atoms with Crippen LogP contribution >= 0.6 is 0 Å². The first-order valence-electron chi connectivity index (χ1n) is 6.96. The molecule has 1 aliphatic heterocycles. The van der Waals surface area contributed by atoms with Gasteiger partial charge in [-0.3, -0.25) is 4.79 Å². The molecule has 21 heavy (non-hydrogen) atoms. The summed E-state index contributed by atoms with van der Waals surface area (Å²) in [5, 5.41) is 11.1. The third-order valence-corrected chi connectivity index (χ3v) is 4.89. The van der Waals surface area contributed by atoms with Crippen LogP contribution in [0.1, 0.15) is 26.7 Å². The SMILES string of the molecule is CC1(C)C2OCCCC2C1(N)C(=O)NCC(O)C(F)(F)F. The zero-order chi connectivity index (χ0) is 16.1. The Morgan fingerprint density at radius 3 is 2.71 bits per heavy atom. The van der Waals surface area contributed by atoms with Gasteiger partial charge in [0.2, 0.25) is 5.91 Å². The zero-order valence-electron chi connectivity index (χ0n) is 12.0. The molecule has 4 N–H and O–H groups in total. The standard InChI is InChI=1S/C13H21F3N2O3/c1-11(2)9-7(4-3-5-21-9)12(11,17)10(20)18-6-8(19)13(14,15)16/h7-9,19H,3-6,17H2,1-2H3,(H,18,20). The van der Waals surface area contributed by atoms with Gasteiger partial charge in [0.25, 0.3) is 0 Å². The van der Waals surface area contributed by atoms with Crippen LogP contribution in [0.2, 0.25) is 0 Å². The minimum atomic E-state index is -4.76. The molecule has 0 aromatic heterocycles. The zero-order valence-corrected chi connectivity index (χ0v) is 12.0. The second-order valence-corrected chi connectivity index (χ2v) is 6.40. The normalized spacial score (nSPS) is 36.3. The van der Waals surface area contributed by atoms with E-state index in [9.17, 15) is 18.0 Å². The Balaban J connectivity index is 2.04. The van der Waals surface area contributed by atoms with Crippen LogP contribution in [-0.2, 0) is 9.53 Å². The van der Waals surface area contributed by atoms with Gasteiger partial charge in [-0.25, -0.2) is 0 Å². The highest BCUT2D eigenvalue weighted by atomic mass is 19.4. The Morgan fingerprint density at radius 1 is 1.52 bits per heavy atom. The molecule has 0 aromatic rings. The minimum Gasteiger partial charge on any atom is -0.382 e. The highest BCUT2D eigenvalue weighted by molar-refractivity contribution is 5.89. The molecule has 0 radical (unpaired) electrons. The number of nitrogens with one attached hydrogen (secondary N) is 1. The number of aliphatic hydroxyl groups excluding tert-OH is 1. The van der Waals surface area contributed by atoms with Gasteiger partial charge in [-0.1, -0.05) is 13.8 Å². The number of halogens is 3. The Hall–Kier alpha value is -0.860. The summed E-state index contributed by atoms with van der Waals surface area (Å²) in [7, 11) is 0. The lowest BCUT2D eigenvalue weighted by Crippen LogP contribution is -2.82. The lowest BCUT2D eigenvalue weighted by Gasteiger charge is -2.65. The van der Waals surface area contributed by atoms with Gasteiger partial charge < -0.3 is 20.9 Å². The van der Waals surface area contributed by atoms with E-state index in [1.165, 1.54) is 0 Å². The molecular weight excluding hydrogens is 289 g/mol. The van der Waals surface area contributed by atoms with E-state index >= 15 is 0 Å². The van der Waals surface area contributed by atoms with Gasteiger partial charge >= 0.3 is 6.18 Å². The number of fused-ring (bicyclic) bond motifs is 1. The van der Waals surface area contributed by atoms with Crippen molar-refractivity contribution in [2.45, 2.75) is 50.6 Å². The second-order valence-electron chi connectivity index (χ2n) is 6.40. The van der Waals surface area contributed by atoms with Crippen molar-refractivity contribution in [2.24, 2.45) is 17.1 Å². The Labute approximate surface area is 121 Å². The van der Waals surface area contributed by atoms with Crippen LogP contribution in [-0.4, -0.2) is 48.1 Å². The average Bonchev–Trinajstić information content (AvgIpc) is 2.42. The maximum atomic E-state index is 12.3. The fourth-order valence-corrected chi connectivity index (χ4v) is 3.49. The van der Waals surface area contributed by atoms with E-state index in [4.69, 9.17) is 15.6 Å². The van der Waals surface area contributed by atoms with Crippen LogP contribution in [0.5, 0.6) is 0 Å². The summed E-state index contributed by atoms with van der Waals surface area (Å²) in [6.45, 7) is 3.27. The van der Waals surface area contributed by atoms with E-state index in [1.54, 1.807) is 13.8 Å². The molecule has 4 unspecified atom stereocenters. The average molecular weight is 310 g/mol. The number of aliphatic hydroxyl groups is 1. The number of hydrogen-bond acceptors (Lipinski definition) is 4. The summed E-state index contributed by atoms with van der Waals surface area (Å²) in [6.07, 6.45) is -6.03. The van der Waals surface area contributed by atoms with Crippen molar-refractivity contribution in [3.8, 4) is 0 Å². The van der Waals surface area contributed by atoms with Gasteiger partial charge in [-0.15, -0.1) is 0 Å². The highest BCUT2D eigenvalue weighted by Crippen LogP contribution is 2.57. The summed E-state index contributed by atoms with van der Waals surface area (Å²) in [4.78, 5) is 12.3. The topological polar surface area (TPSA) is 84.6 Å². The molecular formula is C13H21F3N2O3. The number of carbonyl (C=O) groups is 1. The summed E-state index contributed by atoms with van der Waals surface area (Å²) >= 11 is 0. The molecule has 1 saturated carbocycles. The van der Waals surface area contributed by atoms with Gasteiger partial charge in [0.05, 0.1) is 12.6 Å². The molecule has 1 heterocycles. The number of ether oxygens (including phenoxy) is 1. The van der Waals surface area contributed by atoms with Crippen LogP contribution in [0.4, 0.5) is 13.2 Å². The van der Waals surface area contributed by atoms with Crippen molar-refractivity contribution in [3.05, 3.63) is 0 Å². The first-order valence-corrected chi connectivity index (χ1v) is 6.96. The molecule has 0 bridgehead atoms. The van der Waals surface area contributed by atoms with Crippen molar-refractivity contribution < 1.29 is 27.8 Å².